The second-order valence-electron chi connectivity index (χ2n) is 5.59. The van der Waals surface area contributed by atoms with Crippen molar-refractivity contribution >= 4 is 15.5 Å². The molecule has 0 atom stereocenters. The summed E-state index contributed by atoms with van der Waals surface area (Å²) in [6.45, 7) is 0. The van der Waals surface area contributed by atoms with E-state index in [9.17, 15) is 38.2 Å². The molecule has 0 aliphatic rings. The molecular formula is C15H10FN3O8S. The summed E-state index contributed by atoms with van der Waals surface area (Å²) < 4.78 is 42.3. The van der Waals surface area contributed by atoms with Crippen LogP contribution in [0.4, 0.5) is 10.1 Å². The van der Waals surface area contributed by atoms with Crippen LogP contribution in [0.15, 0.2) is 33.7 Å². The maximum Gasteiger partial charge on any atom is 0.333 e. The van der Waals surface area contributed by atoms with Gasteiger partial charge in [-0.15, -0.1) is 0 Å². The lowest BCUT2D eigenvalue weighted by atomic mass is 10.1. The van der Waals surface area contributed by atoms with E-state index in [1.54, 1.807) is 0 Å². The second-order valence-corrected chi connectivity index (χ2v) is 7.54. The Kier molecular flexibility index (Phi) is 4.39. The Bertz CT molecular complexity index is 1220. The first-order valence-corrected chi connectivity index (χ1v) is 9.16. The molecule has 0 fully saturated rings. The van der Waals surface area contributed by atoms with E-state index in [0.717, 1.165) is 18.2 Å². The van der Waals surface area contributed by atoms with Crippen LogP contribution in [0.3, 0.4) is 0 Å². The number of nitrogens with zero attached hydrogens (tertiary/aromatic N) is 3. The highest BCUT2D eigenvalue weighted by Crippen LogP contribution is 2.45. The third kappa shape index (κ3) is 3.18. The lowest BCUT2D eigenvalue weighted by molar-refractivity contribution is -0.388. The zero-order chi connectivity index (χ0) is 20.8. The number of nitro benzene ring substituents is 1. The van der Waals surface area contributed by atoms with E-state index < -0.39 is 59.9 Å². The normalized spacial score (nSPS) is 11.5. The molecular weight excluding hydrogens is 401 g/mol. The van der Waals surface area contributed by atoms with Crippen LogP contribution in [0.1, 0.15) is 0 Å². The molecule has 0 saturated heterocycles. The number of phenolic OH excluding ortho intramolecular Hbond substituents is 3. The van der Waals surface area contributed by atoms with Crippen molar-refractivity contribution in [3.05, 3.63) is 40.2 Å². The number of sulfone groups is 1. The Hall–Kier alpha value is -3.74. The highest BCUT2D eigenvalue weighted by Gasteiger charge is 2.35. The summed E-state index contributed by atoms with van der Waals surface area (Å²) in [6.07, 6.45) is 0.657. The SMILES string of the molecule is CS(=O)(=O)c1c(-c2nc(-c3ccc(F)c(O)c3)no2)cc(O)c(O)c1[N+](=O)[O-]. The van der Waals surface area contributed by atoms with Gasteiger partial charge in [-0.2, -0.15) is 4.98 Å². The summed E-state index contributed by atoms with van der Waals surface area (Å²) in [4.78, 5) is 13.0. The molecule has 28 heavy (non-hydrogen) atoms. The molecule has 0 radical (unpaired) electrons. The molecule has 0 bridgehead atoms. The molecule has 2 aromatic carbocycles. The Balaban J connectivity index is 2.26. The minimum absolute atomic E-state index is 0.104. The summed E-state index contributed by atoms with van der Waals surface area (Å²) in [5.41, 5.74) is -1.67. The van der Waals surface area contributed by atoms with Crippen molar-refractivity contribution in [3.8, 4) is 40.1 Å². The van der Waals surface area contributed by atoms with Gasteiger partial charge >= 0.3 is 5.69 Å². The number of phenols is 3. The fraction of sp³-hybridized carbons (Fsp3) is 0.0667. The highest BCUT2D eigenvalue weighted by molar-refractivity contribution is 7.91. The van der Waals surface area contributed by atoms with Crippen LogP contribution in [0.5, 0.6) is 17.2 Å². The number of aromatic nitrogens is 2. The summed E-state index contributed by atoms with van der Waals surface area (Å²) in [5, 5.41) is 43.7. The van der Waals surface area contributed by atoms with Crippen LogP contribution >= 0.6 is 0 Å². The van der Waals surface area contributed by atoms with E-state index in [4.69, 9.17) is 4.52 Å². The Morgan fingerprint density at radius 1 is 1.18 bits per heavy atom. The maximum absolute atomic E-state index is 13.2. The van der Waals surface area contributed by atoms with Crippen molar-refractivity contribution in [1.82, 2.24) is 10.1 Å². The van der Waals surface area contributed by atoms with Gasteiger partial charge in [-0.05, 0) is 24.3 Å². The highest BCUT2D eigenvalue weighted by atomic mass is 32.2. The van der Waals surface area contributed by atoms with Crippen molar-refractivity contribution in [2.75, 3.05) is 6.26 Å². The molecule has 1 heterocycles. The second kappa shape index (κ2) is 6.45. The standard InChI is InChI=1S/C15H10FN3O8S/c1-28(25,26)13-7(5-10(21)12(22)11(13)19(23)24)15-17-14(18-27-15)6-2-3-8(16)9(20)4-6/h2-5,20-22H,1H3. The zero-order valence-corrected chi connectivity index (χ0v) is 14.6. The van der Waals surface area contributed by atoms with Crippen molar-refractivity contribution < 1.29 is 37.6 Å². The topological polar surface area (TPSA) is 177 Å². The number of hydrogen-bond donors (Lipinski definition) is 3. The van der Waals surface area contributed by atoms with Gasteiger partial charge in [-0.25, -0.2) is 12.8 Å². The van der Waals surface area contributed by atoms with Gasteiger partial charge in [-0.1, -0.05) is 5.16 Å². The first-order valence-electron chi connectivity index (χ1n) is 7.27. The molecule has 0 amide bonds. The molecule has 3 rings (SSSR count). The van der Waals surface area contributed by atoms with E-state index in [-0.39, 0.29) is 11.4 Å². The molecule has 11 nitrogen and oxygen atoms in total. The van der Waals surface area contributed by atoms with Gasteiger partial charge in [0.2, 0.25) is 11.6 Å². The Morgan fingerprint density at radius 2 is 1.86 bits per heavy atom. The summed E-state index contributed by atoms with van der Waals surface area (Å²) >= 11 is 0. The zero-order valence-electron chi connectivity index (χ0n) is 13.8. The quantitative estimate of drug-likeness (QED) is 0.327. The molecule has 3 aromatic rings. The molecule has 13 heteroatoms. The number of hydrogen-bond acceptors (Lipinski definition) is 10. The van der Waals surface area contributed by atoms with Crippen LogP contribution in [0.25, 0.3) is 22.8 Å². The van der Waals surface area contributed by atoms with E-state index in [1.165, 1.54) is 6.07 Å². The predicted molar refractivity (Wildman–Crippen MR) is 89.9 cm³/mol. The van der Waals surface area contributed by atoms with Gasteiger partial charge in [-0.3, -0.25) is 10.1 Å². The number of halogens is 1. The lowest BCUT2D eigenvalue weighted by Gasteiger charge is -2.08. The third-order valence-corrected chi connectivity index (χ3v) is 4.78. The van der Waals surface area contributed by atoms with Crippen LogP contribution in [0.2, 0.25) is 0 Å². The number of nitro groups is 1. The van der Waals surface area contributed by atoms with E-state index in [2.05, 4.69) is 10.1 Å². The minimum Gasteiger partial charge on any atom is -0.505 e. The Morgan fingerprint density at radius 3 is 2.43 bits per heavy atom. The molecule has 146 valence electrons. The molecule has 0 unspecified atom stereocenters. The maximum atomic E-state index is 13.2. The summed E-state index contributed by atoms with van der Waals surface area (Å²) in [5.74, 6) is -4.53. The number of benzene rings is 2. The summed E-state index contributed by atoms with van der Waals surface area (Å²) in [6, 6.07) is 3.84. The fourth-order valence-corrected chi connectivity index (χ4v) is 3.50. The minimum atomic E-state index is -4.29. The van der Waals surface area contributed by atoms with E-state index >= 15 is 0 Å². The largest absolute Gasteiger partial charge is 0.505 e. The number of rotatable bonds is 4. The van der Waals surface area contributed by atoms with Crippen LogP contribution in [-0.4, -0.2) is 45.1 Å². The summed E-state index contributed by atoms with van der Waals surface area (Å²) in [7, 11) is -4.29. The third-order valence-electron chi connectivity index (χ3n) is 3.62. The van der Waals surface area contributed by atoms with Crippen LogP contribution in [0, 0.1) is 15.9 Å². The van der Waals surface area contributed by atoms with Gasteiger partial charge in [0.25, 0.3) is 5.89 Å². The van der Waals surface area contributed by atoms with Crippen LogP contribution in [-0.2, 0) is 9.84 Å². The molecule has 0 aliphatic carbocycles. The van der Waals surface area contributed by atoms with Gasteiger partial charge in [0.1, 0.15) is 0 Å². The van der Waals surface area contributed by atoms with Crippen LogP contribution < -0.4 is 0 Å². The van der Waals surface area contributed by atoms with Gasteiger partial charge in [0.15, 0.2) is 32.0 Å². The van der Waals surface area contributed by atoms with Crippen molar-refractivity contribution in [2.45, 2.75) is 4.90 Å². The van der Waals surface area contributed by atoms with E-state index in [1.807, 2.05) is 0 Å². The van der Waals surface area contributed by atoms with Crippen molar-refractivity contribution in [3.63, 3.8) is 0 Å². The average Bonchev–Trinajstić information content (AvgIpc) is 3.07. The lowest BCUT2D eigenvalue weighted by Crippen LogP contribution is -2.06. The Labute approximate surface area is 155 Å². The fourth-order valence-electron chi connectivity index (χ4n) is 2.43. The van der Waals surface area contributed by atoms with Gasteiger partial charge < -0.3 is 19.8 Å². The molecule has 1 aromatic heterocycles. The monoisotopic (exact) mass is 411 g/mol. The number of aromatic hydroxyl groups is 3. The molecule has 3 N–H and O–H groups in total. The average molecular weight is 411 g/mol. The van der Waals surface area contributed by atoms with E-state index in [0.29, 0.717) is 6.26 Å². The smallest absolute Gasteiger partial charge is 0.333 e. The first kappa shape index (κ1) is 19.0. The van der Waals surface area contributed by atoms with Crippen molar-refractivity contribution in [1.29, 1.82) is 0 Å². The molecule has 0 spiro atoms. The first-order chi connectivity index (χ1) is 13.0. The van der Waals surface area contributed by atoms with Gasteiger partial charge in [0.05, 0.1) is 10.5 Å². The van der Waals surface area contributed by atoms with Gasteiger partial charge in [0, 0.05) is 11.8 Å². The van der Waals surface area contributed by atoms with Crippen molar-refractivity contribution in [2.24, 2.45) is 0 Å². The molecule has 0 aliphatic heterocycles. The predicted octanol–water partition coefficient (Wildman–Crippen LogP) is 1.97. The molecule has 0 saturated carbocycles.